The molecule has 2 atom stereocenters. The number of benzene rings is 1. The van der Waals surface area contributed by atoms with Gasteiger partial charge in [0, 0.05) is 12.3 Å². The highest BCUT2D eigenvalue weighted by molar-refractivity contribution is 5.87. The molecule has 0 unspecified atom stereocenters. The molecule has 1 saturated carbocycles. The van der Waals surface area contributed by atoms with E-state index in [0.29, 0.717) is 11.7 Å². The molecule has 0 N–H and O–H groups in total. The molecule has 0 amide bonds. The van der Waals surface area contributed by atoms with Gasteiger partial charge in [-0.25, -0.2) is 0 Å². The standard InChI is InChI=1S/C18H24O/c1-2-3-4-6-10-16-13-9-14-17(19)18(16)15-11-7-5-8-12-15/h5-8,10-12,16,18H,2-4,9,13-14H2,1H3/b10-6+/t16-,18+/m1/s1. The summed E-state index contributed by atoms with van der Waals surface area (Å²) >= 11 is 0. The van der Waals surface area contributed by atoms with Crippen LogP contribution in [-0.4, -0.2) is 5.78 Å². The second kappa shape index (κ2) is 7.28. The van der Waals surface area contributed by atoms with Crippen LogP contribution < -0.4 is 0 Å². The largest absolute Gasteiger partial charge is 0.299 e. The number of Topliss-reactive ketones (excluding diaryl/α,β-unsaturated/α-hetero) is 1. The van der Waals surface area contributed by atoms with Gasteiger partial charge in [-0.15, -0.1) is 0 Å². The van der Waals surface area contributed by atoms with E-state index in [-0.39, 0.29) is 5.92 Å². The molecule has 0 spiro atoms. The van der Waals surface area contributed by atoms with Gasteiger partial charge in [-0.2, -0.15) is 0 Å². The van der Waals surface area contributed by atoms with Crippen LogP contribution in [0.5, 0.6) is 0 Å². The molecule has 1 nitrogen and oxygen atoms in total. The minimum Gasteiger partial charge on any atom is -0.299 e. The Balaban J connectivity index is 2.11. The zero-order chi connectivity index (χ0) is 13.5. The van der Waals surface area contributed by atoms with Crippen molar-refractivity contribution in [2.45, 2.75) is 51.4 Å². The topological polar surface area (TPSA) is 17.1 Å². The summed E-state index contributed by atoms with van der Waals surface area (Å²) in [5.41, 5.74) is 1.19. The summed E-state index contributed by atoms with van der Waals surface area (Å²) in [5.74, 6) is 0.913. The van der Waals surface area contributed by atoms with Gasteiger partial charge in [0.25, 0.3) is 0 Å². The molecule has 0 bridgehead atoms. The zero-order valence-corrected chi connectivity index (χ0v) is 11.8. The van der Waals surface area contributed by atoms with Crippen LogP contribution in [0, 0.1) is 5.92 Å². The summed E-state index contributed by atoms with van der Waals surface area (Å²) < 4.78 is 0. The summed E-state index contributed by atoms with van der Waals surface area (Å²) in [7, 11) is 0. The van der Waals surface area contributed by atoms with E-state index < -0.39 is 0 Å². The van der Waals surface area contributed by atoms with Gasteiger partial charge in [-0.1, -0.05) is 62.2 Å². The lowest BCUT2D eigenvalue weighted by molar-refractivity contribution is -0.122. The van der Waals surface area contributed by atoms with Crippen LogP contribution in [0.4, 0.5) is 0 Å². The van der Waals surface area contributed by atoms with Gasteiger partial charge < -0.3 is 0 Å². The predicted molar refractivity (Wildman–Crippen MR) is 80.2 cm³/mol. The number of ketones is 1. The number of hydrogen-bond donors (Lipinski definition) is 0. The van der Waals surface area contributed by atoms with Crippen LogP contribution in [-0.2, 0) is 4.79 Å². The Morgan fingerprint density at radius 2 is 2.05 bits per heavy atom. The monoisotopic (exact) mass is 256 g/mol. The summed E-state index contributed by atoms with van der Waals surface area (Å²) in [4.78, 5) is 12.3. The van der Waals surface area contributed by atoms with Crippen LogP contribution in [0.1, 0.15) is 56.9 Å². The molecule has 1 aromatic rings. The molecule has 19 heavy (non-hydrogen) atoms. The van der Waals surface area contributed by atoms with Gasteiger partial charge in [-0.05, 0) is 30.7 Å². The van der Waals surface area contributed by atoms with Crippen molar-refractivity contribution in [2.75, 3.05) is 0 Å². The highest BCUT2D eigenvalue weighted by atomic mass is 16.1. The highest BCUT2D eigenvalue weighted by Gasteiger charge is 2.31. The van der Waals surface area contributed by atoms with Crippen molar-refractivity contribution in [1.82, 2.24) is 0 Å². The molecule has 1 aliphatic carbocycles. The van der Waals surface area contributed by atoms with Crippen LogP contribution in [0.15, 0.2) is 42.5 Å². The average Bonchev–Trinajstić information content (AvgIpc) is 2.45. The first kappa shape index (κ1) is 14.0. The molecule has 102 valence electrons. The number of rotatable bonds is 5. The Bertz CT molecular complexity index is 419. The number of allylic oxidation sites excluding steroid dienone is 2. The first-order chi connectivity index (χ1) is 9.33. The van der Waals surface area contributed by atoms with E-state index in [2.05, 4.69) is 31.2 Å². The van der Waals surface area contributed by atoms with Crippen molar-refractivity contribution in [3.63, 3.8) is 0 Å². The Hall–Kier alpha value is -1.37. The van der Waals surface area contributed by atoms with E-state index in [1.165, 1.54) is 18.4 Å². The van der Waals surface area contributed by atoms with Crippen molar-refractivity contribution in [2.24, 2.45) is 5.92 Å². The van der Waals surface area contributed by atoms with Crippen molar-refractivity contribution in [3.05, 3.63) is 48.0 Å². The quantitative estimate of drug-likeness (QED) is 0.541. The Labute approximate surface area is 116 Å². The zero-order valence-electron chi connectivity index (χ0n) is 11.8. The van der Waals surface area contributed by atoms with Crippen LogP contribution in [0.25, 0.3) is 0 Å². The fourth-order valence-corrected chi connectivity index (χ4v) is 2.97. The summed E-state index contributed by atoms with van der Waals surface area (Å²) in [5, 5.41) is 0. The first-order valence-corrected chi connectivity index (χ1v) is 7.57. The molecular weight excluding hydrogens is 232 g/mol. The minimum absolute atomic E-state index is 0.0906. The van der Waals surface area contributed by atoms with Crippen molar-refractivity contribution in [1.29, 1.82) is 0 Å². The molecular formula is C18H24O. The molecule has 0 radical (unpaired) electrons. The Morgan fingerprint density at radius 3 is 2.79 bits per heavy atom. The van der Waals surface area contributed by atoms with E-state index in [0.717, 1.165) is 25.7 Å². The Morgan fingerprint density at radius 1 is 1.26 bits per heavy atom. The lowest BCUT2D eigenvalue weighted by Crippen LogP contribution is -2.25. The average molecular weight is 256 g/mol. The normalized spacial score (nSPS) is 23.9. The third-order valence-electron chi connectivity index (χ3n) is 4.00. The van der Waals surface area contributed by atoms with E-state index in [4.69, 9.17) is 0 Å². The summed E-state index contributed by atoms with van der Waals surface area (Å²) in [6.45, 7) is 2.21. The van der Waals surface area contributed by atoms with Crippen LogP contribution in [0.3, 0.4) is 0 Å². The van der Waals surface area contributed by atoms with Crippen molar-refractivity contribution in [3.8, 4) is 0 Å². The van der Waals surface area contributed by atoms with Gasteiger partial charge in [0.2, 0.25) is 0 Å². The fourth-order valence-electron chi connectivity index (χ4n) is 2.97. The predicted octanol–water partition coefficient (Wildman–Crippen LogP) is 4.89. The van der Waals surface area contributed by atoms with Gasteiger partial charge in [0.1, 0.15) is 5.78 Å². The lowest BCUT2D eigenvalue weighted by Gasteiger charge is -2.28. The van der Waals surface area contributed by atoms with Crippen LogP contribution in [0.2, 0.25) is 0 Å². The second-order valence-electron chi connectivity index (χ2n) is 5.48. The summed E-state index contributed by atoms with van der Waals surface area (Å²) in [6.07, 6.45) is 11.1. The lowest BCUT2D eigenvalue weighted by atomic mass is 9.74. The molecule has 1 aromatic carbocycles. The molecule has 0 heterocycles. The van der Waals surface area contributed by atoms with Crippen molar-refractivity contribution >= 4 is 5.78 Å². The minimum atomic E-state index is 0.0906. The summed E-state index contributed by atoms with van der Waals surface area (Å²) in [6, 6.07) is 10.3. The molecule has 1 fully saturated rings. The maximum atomic E-state index is 12.3. The number of carbonyl (C=O) groups is 1. The SMILES string of the molecule is CCCC/C=C/[C@@H]1CCCC(=O)[C@H]1c1ccccc1. The third-order valence-corrected chi connectivity index (χ3v) is 4.00. The second-order valence-corrected chi connectivity index (χ2v) is 5.48. The molecule has 1 heteroatoms. The smallest absolute Gasteiger partial charge is 0.140 e. The molecule has 0 aliphatic heterocycles. The Kier molecular flexibility index (Phi) is 5.38. The van der Waals surface area contributed by atoms with Crippen molar-refractivity contribution < 1.29 is 4.79 Å². The fraction of sp³-hybridized carbons (Fsp3) is 0.500. The maximum absolute atomic E-state index is 12.3. The van der Waals surface area contributed by atoms with Gasteiger partial charge in [0.15, 0.2) is 0 Å². The maximum Gasteiger partial charge on any atom is 0.140 e. The van der Waals surface area contributed by atoms with E-state index in [9.17, 15) is 4.79 Å². The van der Waals surface area contributed by atoms with Gasteiger partial charge >= 0.3 is 0 Å². The number of hydrogen-bond acceptors (Lipinski definition) is 1. The first-order valence-electron chi connectivity index (χ1n) is 7.57. The van der Waals surface area contributed by atoms with E-state index in [1.54, 1.807) is 0 Å². The van der Waals surface area contributed by atoms with E-state index in [1.807, 2.05) is 18.2 Å². The number of unbranched alkanes of at least 4 members (excludes halogenated alkanes) is 2. The van der Waals surface area contributed by atoms with Gasteiger partial charge in [0.05, 0.1) is 0 Å². The molecule has 0 saturated heterocycles. The van der Waals surface area contributed by atoms with Crippen LogP contribution >= 0.6 is 0 Å². The highest BCUT2D eigenvalue weighted by Crippen LogP contribution is 2.36. The molecule has 2 rings (SSSR count). The molecule has 0 aromatic heterocycles. The number of carbonyl (C=O) groups excluding carboxylic acids is 1. The van der Waals surface area contributed by atoms with E-state index >= 15 is 0 Å². The van der Waals surface area contributed by atoms with Gasteiger partial charge in [-0.3, -0.25) is 4.79 Å². The third kappa shape index (κ3) is 3.79. The molecule has 1 aliphatic rings.